The van der Waals surface area contributed by atoms with E-state index in [0.717, 1.165) is 12.8 Å². The number of rotatable bonds is 6. The van der Waals surface area contributed by atoms with Gasteiger partial charge in [0, 0.05) is 31.3 Å². The fourth-order valence-corrected chi connectivity index (χ4v) is 3.42. The summed E-state index contributed by atoms with van der Waals surface area (Å²) >= 11 is 6.06. The van der Waals surface area contributed by atoms with E-state index in [1.807, 2.05) is 4.90 Å². The van der Waals surface area contributed by atoms with Crippen LogP contribution in [0.5, 0.6) is 0 Å². The van der Waals surface area contributed by atoms with Crippen molar-refractivity contribution >= 4 is 29.2 Å². The van der Waals surface area contributed by atoms with E-state index in [2.05, 4.69) is 0 Å². The van der Waals surface area contributed by atoms with Crippen molar-refractivity contribution in [2.24, 2.45) is 0 Å². The van der Waals surface area contributed by atoms with Crippen molar-refractivity contribution in [3.05, 3.63) is 38.9 Å². The minimum atomic E-state index is -0.863. The maximum Gasteiger partial charge on any atom is 0.317 e. The summed E-state index contributed by atoms with van der Waals surface area (Å²) in [6.45, 7) is 1.15. The molecule has 0 saturated carbocycles. The zero-order valence-electron chi connectivity index (χ0n) is 14.6. The van der Waals surface area contributed by atoms with Gasteiger partial charge in [-0.15, -0.1) is 0 Å². The van der Waals surface area contributed by atoms with Crippen molar-refractivity contribution in [2.75, 3.05) is 26.7 Å². The normalized spacial score (nSPS) is 17.8. The monoisotopic (exact) mass is 383 g/mol. The third kappa shape index (κ3) is 5.40. The van der Waals surface area contributed by atoms with E-state index in [4.69, 9.17) is 16.7 Å². The number of aliphatic carboxylic acids is 1. The number of hydrogen-bond acceptors (Lipinski definition) is 5. The first-order chi connectivity index (χ1) is 12.3. The summed E-state index contributed by atoms with van der Waals surface area (Å²) in [5.74, 6) is -0.945. The Morgan fingerprint density at radius 1 is 1.38 bits per heavy atom. The van der Waals surface area contributed by atoms with Crippen molar-refractivity contribution in [2.45, 2.75) is 31.7 Å². The number of benzene rings is 1. The second kappa shape index (κ2) is 8.95. The Balaban J connectivity index is 1.96. The van der Waals surface area contributed by atoms with Gasteiger partial charge >= 0.3 is 5.97 Å². The van der Waals surface area contributed by atoms with Crippen LogP contribution in [0.15, 0.2) is 18.2 Å². The maximum atomic E-state index is 12.6. The lowest BCUT2D eigenvalue weighted by molar-refractivity contribution is -0.384. The molecule has 0 bridgehead atoms. The molecule has 1 amide bonds. The highest BCUT2D eigenvalue weighted by Crippen LogP contribution is 2.24. The van der Waals surface area contributed by atoms with Gasteiger partial charge in [-0.2, -0.15) is 0 Å². The molecule has 8 nitrogen and oxygen atoms in total. The number of carboxylic acids is 1. The summed E-state index contributed by atoms with van der Waals surface area (Å²) in [5.41, 5.74) is 0.455. The van der Waals surface area contributed by atoms with Gasteiger partial charge < -0.3 is 10.0 Å². The number of non-ortho nitro benzene ring substituents is 1. The molecule has 2 rings (SSSR count). The van der Waals surface area contributed by atoms with Crippen LogP contribution in [0.4, 0.5) is 5.69 Å². The molecule has 1 aromatic carbocycles. The van der Waals surface area contributed by atoms with Crippen molar-refractivity contribution in [1.29, 1.82) is 0 Å². The smallest absolute Gasteiger partial charge is 0.317 e. The van der Waals surface area contributed by atoms with E-state index in [1.165, 1.54) is 18.2 Å². The molecule has 1 aliphatic heterocycles. The number of halogens is 1. The van der Waals surface area contributed by atoms with Crippen LogP contribution in [-0.2, 0) is 16.0 Å². The molecule has 0 radical (unpaired) electrons. The van der Waals surface area contributed by atoms with E-state index < -0.39 is 10.9 Å². The number of nitrogens with zero attached hydrogens (tertiary/aromatic N) is 3. The van der Waals surface area contributed by atoms with Crippen LogP contribution < -0.4 is 0 Å². The van der Waals surface area contributed by atoms with E-state index >= 15 is 0 Å². The molecule has 26 heavy (non-hydrogen) atoms. The lowest BCUT2D eigenvalue weighted by Crippen LogP contribution is -2.37. The molecule has 1 N–H and O–H groups in total. The highest BCUT2D eigenvalue weighted by molar-refractivity contribution is 6.31. The number of carbonyl (C=O) groups is 2. The summed E-state index contributed by atoms with van der Waals surface area (Å²) in [5, 5.41) is 19.9. The molecule has 1 aromatic rings. The molecular formula is C17H22ClN3O5. The lowest BCUT2D eigenvalue weighted by atomic mass is 10.1. The van der Waals surface area contributed by atoms with Gasteiger partial charge in [0.2, 0.25) is 5.91 Å². The number of carboxylic acid groups (broad SMARTS) is 1. The van der Waals surface area contributed by atoms with E-state index in [1.54, 1.807) is 11.9 Å². The molecule has 1 saturated heterocycles. The van der Waals surface area contributed by atoms with Gasteiger partial charge in [0.25, 0.3) is 5.69 Å². The molecule has 1 atom stereocenters. The first kappa shape index (κ1) is 20.1. The summed E-state index contributed by atoms with van der Waals surface area (Å²) in [6.07, 6.45) is 2.44. The fourth-order valence-electron chi connectivity index (χ4n) is 3.18. The Kier molecular flexibility index (Phi) is 6.93. The van der Waals surface area contributed by atoms with Crippen LogP contribution in [0, 0.1) is 10.1 Å². The van der Waals surface area contributed by atoms with Crippen molar-refractivity contribution in [3.8, 4) is 0 Å². The predicted octanol–water partition coefficient (Wildman–Crippen LogP) is 2.19. The Labute approximate surface area is 156 Å². The average molecular weight is 384 g/mol. The number of likely N-dealkylation sites (N-methyl/N-ethyl adjacent to an activating group) is 1. The number of amides is 1. The Morgan fingerprint density at radius 3 is 2.73 bits per heavy atom. The lowest BCUT2D eigenvalue weighted by Gasteiger charge is -2.25. The first-order valence-electron chi connectivity index (χ1n) is 8.40. The van der Waals surface area contributed by atoms with Crippen molar-refractivity contribution in [1.82, 2.24) is 9.80 Å². The Morgan fingerprint density at radius 2 is 2.12 bits per heavy atom. The van der Waals surface area contributed by atoms with Gasteiger partial charge in [-0.25, -0.2) is 0 Å². The van der Waals surface area contributed by atoms with Gasteiger partial charge in [0.05, 0.1) is 22.9 Å². The summed E-state index contributed by atoms with van der Waals surface area (Å²) in [6, 6.07) is 4.24. The predicted molar refractivity (Wildman–Crippen MR) is 96.3 cm³/mol. The molecule has 0 spiro atoms. The summed E-state index contributed by atoms with van der Waals surface area (Å²) in [7, 11) is 1.78. The molecule has 1 unspecified atom stereocenters. The Hall–Kier alpha value is -2.19. The number of nitro benzene ring substituents is 1. The first-order valence-corrected chi connectivity index (χ1v) is 8.78. The number of carbonyl (C=O) groups excluding carboxylic acids is 1. The third-order valence-electron chi connectivity index (χ3n) is 4.65. The van der Waals surface area contributed by atoms with Gasteiger partial charge in [-0.1, -0.05) is 17.7 Å². The fraction of sp³-hybridized carbons (Fsp3) is 0.529. The quantitative estimate of drug-likeness (QED) is 0.596. The Bertz CT molecular complexity index is 697. The van der Waals surface area contributed by atoms with Crippen LogP contribution in [0.2, 0.25) is 5.02 Å². The van der Waals surface area contributed by atoms with Crippen LogP contribution in [0.3, 0.4) is 0 Å². The topological polar surface area (TPSA) is 104 Å². The van der Waals surface area contributed by atoms with Crippen molar-refractivity contribution < 1.29 is 19.6 Å². The molecule has 0 aromatic heterocycles. The van der Waals surface area contributed by atoms with E-state index in [9.17, 15) is 19.7 Å². The van der Waals surface area contributed by atoms with Crippen LogP contribution in [-0.4, -0.2) is 64.4 Å². The summed E-state index contributed by atoms with van der Waals surface area (Å²) in [4.78, 5) is 37.2. The van der Waals surface area contributed by atoms with Crippen molar-refractivity contribution in [3.63, 3.8) is 0 Å². The zero-order chi connectivity index (χ0) is 19.3. The zero-order valence-corrected chi connectivity index (χ0v) is 15.3. The van der Waals surface area contributed by atoms with Crippen LogP contribution in [0.1, 0.15) is 24.8 Å². The number of likely N-dealkylation sites (tertiary alicyclic amines) is 1. The third-order valence-corrected chi connectivity index (χ3v) is 5.00. The summed E-state index contributed by atoms with van der Waals surface area (Å²) < 4.78 is 0. The highest BCUT2D eigenvalue weighted by Gasteiger charge is 2.24. The maximum absolute atomic E-state index is 12.6. The van der Waals surface area contributed by atoms with Crippen LogP contribution >= 0.6 is 11.6 Å². The molecule has 9 heteroatoms. The standard InChI is InChI=1S/C17H22ClN3O5/c1-19(11-17(23)24)13-3-2-7-20(8-6-13)16(22)9-12-4-5-14(21(25)26)10-15(12)18/h4-5,10,13H,2-3,6-9,11H2,1H3,(H,23,24). The molecular weight excluding hydrogens is 362 g/mol. The average Bonchev–Trinajstić information content (AvgIpc) is 2.82. The van der Waals surface area contributed by atoms with E-state index in [0.29, 0.717) is 25.1 Å². The molecule has 142 valence electrons. The molecule has 0 aliphatic carbocycles. The molecule has 1 fully saturated rings. The minimum absolute atomic E-state index is 0.0168. The number of hydrogen-bond donors (Lipinski definition) is 1. The van der Waals surface area contributed by atoms with Gasteiger partial charge in [-0.05, 0) is 31.9 Å². The SMILES string of the molecule is CN(CC(=O)O)C1CCCN(C(=O)Cc2ccc([N+](=O)[O-])cc2Cl)CC1. The van der Waals surface area contributed by atoms with Crippen LogP contribution in [0.25, 0.3) is 0 Å². The largest absolute Gasteiger partial charge is 0.480 e. The van der Waals surface area contributed by atoms with Gasteiger partial charge in [-0.3, -0.25) is 24.6 Å². The van der Waals surface area contributed by atoms with E-state index in [-0.39, 0.29) is 35.6 Å². The van der Waals surface area contributed by atoms with Gasteiger partial charge in [0.1, 0.15) is 0 Å². The minimum Gasteiger partial charge on any atom is -0.480 e. The second-order valence-corrected chi connectivity index (χ2v) is 6.89. The van der Waals surface area contributed by atoms with Gasteiger partial charge in [0.15, 0.2) is 0 Å². The second-order valence-electron chi connectivity index (χ2n) is 6.48. The molecule has 1 aliphatic rings. The highest BCUT2D eigenvalue weighted by atomic mass is 35.5. The molecule has 1 heterocycles. The number of nitro groups is 1.